The lowest BCUT2D eigenvalue weighted by Gasteiger charge is -2.24. The van der Waals surface area contributed by atoms with Crippen molar-refractivity contribution in [2.24, 2.45) is 0 Å². The fourth-order valence-electron chi connectivity index (χ4n) is 4.70. The van der Waals surface area contributed by atoms with Crippen LogP contribution in [-0.4, -0.2) is 52.8 Å². The molecule has 0 spiro atoms. The van der Waals surface area contributed by atoms with E-state index in [1.54, 1.807) is 18.6 Å². The predicted molar refractivity (Wildman–Crippen MR) is 145 cm³/mol. The lowest BCUT2D eigenvalue weighted by Crippen LogP contribution is -2.44. The van der Waals surface area contributed by atoms with Gasteiger partial charge in [0, 0.05) is 47.7 Å². The highest BCUT2D eigenvalue weighted by molar-refractivity contribution is 7.89. The van der Waals surface area contributed by atoms with E-state index in [-0.39, 0.29) is 34.0 Å². The van der Waals surface area contributed by atoms with Gasteiger partial charge < -0.3 is 14.6 Å². The largest absolute Gasteiger partial charge is 0.487 e. The number of aryl methyl sites for hydroxylation is 1. The molecule has 0 aliphatic carbocycles. The monoisotopic (exact) mass is 573 g/mol. The third kappa shape index (κ3) is 4.73. The fraction of sp³-hybridized carbons (Fsp3) is 0.269. The number of aromatic nitrogens is 3. The molecule has 1 fully saturated rings. The lowest BCUT2D eigenvalue weighted by molar-refractivity contribution is -0.123. The van der Waals surface area contributed by atoms with Gasteiger partial charge in [-0.2, -0.15) is 4.31 Å². The summed E-state index contributed by atoms with van der Waals surface area (Å²) < 4.78 is 36.3. The molecule has 1 saturated heterocycles. The Kier molecular flexibility index (Phi) is 7.32. The standard InChI is InChI=1S/C26H25Cl2N5O4S/c1-16-13-21(32-12-10-30-15-32)17-5-3-7-22(25(17)31-16)37-14-18-19(27)8-9-23(24(18)28)38(35,36)33-11-4-6-20(33)26(34)29-2/h3,5,7-10,12-13,15,20H,4,6,11,14H2,1-2H3,(H,29,34)/t20-/m1/s1. The van der Waals surface area contributed by atoms with Crippen LogP contribution in [0.15, 0.2) is 60.0 Å². The summed E-state index contributed by atoms with van der Waals surface area (Å²) in [5.41, 5.74) is 2.65. The molecule has 0 saturated carbocycles. The Labute approximate surface area is 230 Å². The van der Waals surface area contributed by atoms with E-state index < -0.39 is 16.1 Å². The molecule has 1 aliphatic rings. The minimum atomic E-state index is -4.06. The number of carbonyl (C=O) groups is 1. The minimum absolute atomic E-state index is 0.0384. The number of amides is 1. The number of fused-ring (bicyclic) bond motifs is 1. The molecule has 3 heterocycles. The summed E-state index contributed by atoms with van der Waals surface area (Å²) >= 11 is 13.1. The van der Waals surface area contributed by atoms with Gasteiger partial charge in [0.1, 0.15) is 28.8 Å². The van der Waals surface area contributed by atoms with E-state index >= 15 is 0 Å². The van der Waals surface area contributed by atoms with Gasteiger partial charge in [-0.05, 0) is 44.0 Å². The molecule has 1 atom stereocenters. The number of para-hydroxylation sites is 1. The Morgan fingerprint density at radius 1 is 1.24 bits per heavy atom. The summed E-state index contributed by atoms with van der Waals surface area (Å²) in [5, 5.41) is 3.62. The number of sulfonamides is 1. The average molecular weight is 574 g/mol. The maximum absolute atomic E-state index is 13.5. The van der Waals surface area contributed by atoms with Crippen LogP contribution >= 0.6 is 23.2 Å². The SMILES string of the molecule is CNC(=O)[C@H]1CCCN1S(=O)(=O)c1ccc(Cl)c(COc2cccc3c(-n4ccnc4)cc(C)nc23)c1Cl. The van der Waals surface area contributed by atoms with Crippen molar-refractivity contribution in [2.45, 2.75) is 37.3 Å². The number of imidazole rings is 1. The molecule has 9 nitrogen and oxygen atoms in total. The van der Waals surface area contributed by atoms with Gasteiger partial charge in [-0.15, -0.1) is 0 Å². The topological polar surface area (TPSA) is 106 Å². The minimum Gasteiger partial charge on any atom is -0.487 e. The first kappa shape index (κ1) is 26.4. The summed E-state index contributed by atoms with van der Waals surface area (Å²) in [7, 11) is -2.58. The van der Waals surface area contributed by atoms with Crippen LogP contribution in [0.3, 0.4) is 0 Å². The molecule has 0 radical (unpaired) electrons. The smallest absolute Gasteiger partial charge is 0.245 e. The second-order valence-corrected chi connectivity index (χ2v) is 11.6. The Balaban J connectivity index is 1.49. The molecule has 2 aromatic heterocycles. The van der Waals surface area contributed by atoms with Crippen molar-refractivity contribution in [1.82, 2.24) is 24.2 Å². The number of benzene rings is 2. The number of pyridine rings is 1. The second-order valence-electron chi connectivity index (χ2n) is 8.92. The second kappa shape index (κ2) is 10.5. The quantitative estimate of drug-likeness (QED) is 0.348. The van der Waals surface area contributed by atoms with Crippen LogP contribution in [0.1, 0.15) is 24.1 Å². The van der Waals surface area contributed by atoms with Crippen molar-refractivity contribution in [2.75, 3.05) is 13.6 Å². The van der Waals surface area contributed by atoms with Gasteiger partial charge in [-0.3, -0.25) is 4.79 Å². The number of carbonyl (C=O) groups excluding carboxylic acids is 1. The zero-order valence-corrected chi connectivity index (χ0v) is 23.0. The molecule has 4 aromatic rings. The van der Waals surface area contributed by atoms with Crippen LogP contribution in [0.2, 0.25) is 10.0 Å². The highest BCUT2D eigenvalue weighted by Gasteiger charge is 2.40. The summed E-state index contributed by atoms with van der Waals surface area (Å²) in [5.74, 6) is 0.140. The molecular weight excluding hydrogens is 549 g/mol. The lowest BCUT2D eigenvalue weighted by atomic mass is 10.1. The van der Waals surface area contributed by atoms with Crippen LogP contribution in [0, 0.1) is 6.92 Å². The zero-order valence-electron chi connectivity index (χ0n) is 20.7. The van der Waals surface area contributed by atoms with Crippen molar-refractivity contribution in [1.29, 1.82) is 0 Å². The van der Waals surface area contributed by atoms with Crippen LogP contribution in [0.4, 0.5) is 0 Å². The van der Waals surface area contributed by atoms with Crippen molar-refractivity contribution in [3.63, 3.8) is 0 Å². The van der Waals surface area contributed by atoms with Gasteiger partial charge in [0.25, 0.3) is 0 Å². The number of nitrogens with zero attached hydrogens (tertiary/aromatic N) is 4. The van der Waals surface area contributed by atoms with Gasteiger partial charge in [0.2, 0.25) is 15.9 Å². The zero-order chi connectivity index (χ0) is 27.0. The van der Waals surface area contributed by atoms with Gasteiger partial charge in [0.15, 0.2) is 0 Å². The van der Waals surface area contributed by atoms with E-state index in [1.807, 2.05) is 35.9 Å². The molecule has 1 aliphatic heterocycles. The first-order chi connectivity index (χ1) is 18.2. The fourth-order valence-corrected chi connectivity index (χ4v) is 7.22. The summed E-state index contributed by atoms with van der Waals surface area (Å²) in [4.78, 5) is 21.0. The molecule has 0 unspecified atom stereocenters. The predicted octanol–water partition coefficient (Wildman–Crippen LogP) is 4.51. The molecule has 1 N–H and O–H groups in total. The molecule has 1 amide bonds. The molecule has 0 bridgehead atoms. The van der Waals surface area contributed by atoms with Gasteiger partial charge in [-0.25, -0.2) is 18.4 Å². The number of hydrogen-bond donors (Lipinski definition) is 1. The molecule has 38 heavy (non-hydrogen) atoms. The number of hydrogen-bond acceptors (Lipinski definition) is 6. The van der Waals surface area contributed by atoms with Gasteiger partial charge >= 0.3 is 0 Å². The van der Waals surface area contributed by atoms with Crippen LogP contribution in [0.25, 0.3) is 16.6 Å². The Morgan fingerprint density at radius 2 is 2.05 bits per heavy atom. The van der Waals surface area contributed by atoms with E-state index in [1.165, 1.54) is 23.5 Å². The van der Waals surface area contributed by atoms with Crippen molar-refractivity contribution in [3.8, 4) is 11.4 Å². The normalized spacial score (nSPS) is 16.2. The van der Waals surface area contributed by atoms with E-state index in [2.05, 4.69) is 15.3 Å². The third-order valence-corrected chi connectivity index (χ3v) is 9.40. The van der Waals surface area contributed by atoms with Crippen molar-refractivity contribution in [3.05, 3.63) is 76.4 Å². The third-order valence-electron chi connectivity index (χ3n) is 6.55. The Morgan fingerprint density at radius 3 is 2.79 bits per heavy atom. The molecule has 5 rings (SSSR count). The number of ether oxygens (including phenoxy) is 1. The van der Waals surface area contributed by atoms with E-state index in [0.29, 0.717) is 29.7 Å². The highest BCUT2D eigenvalue weighted by Crippen LogP contribution is 2.37. The highest BCUT2D eigenvalue weighted by atomic mass is 35.5. The Bertz CT molecular complexity index is 1630. The van der Waals surface area contributed by atoms with Gasteiger partial charge in [-0.1, -0.05) is 35.3 Å². The van der Waals surface area contributed by atoms with Crippen LogP contribution in [0.5, 0.6) is 5.75 Å². The van der Waals surface area contributed by atoms with Crippen molar-refractivity contribution >= 4 is 50.0 Å². The molecule has 2 aromatic carbocycles. The molecule has 12 heteroatoms. The van der Waals surface area contributed by atoms with E-state index in [0.717, 1.165) is 16.8 Å². The molecular formula is C26H25Cl2N5O4S. The molecule has 198 valence electrons. The average Bonchev–Trinajstić information content (AvgIpc) is 3.61. The number of likely N-dealkylation sites (N-methyl/N-ethyl adjacent to an activating group) is 1. The maximum atomic E-state index is 13.5. The summed E-state index contributed by atoms with van der Waals surface area (Å²) in [6.45, 7) is 2.03. The summed E-state index contributed by atoms with van der Waals surface area (Å²) in [6.07, 6.45) is 6.28. The maximum Gasteiger partial charge on any atom is 0.245 e. The first-order valence-corrected chi connectivity index (χ1v) is 14.1. The van der Waals surface area contributed by atoms with Gasteiger partial charge in [0.05, 0.1) is 17.0 Å². The first-order valence-electron chi connectivity index (χ1n) is 11.9. The van der Waals surface area contributed by atoms with Crippen molar-refractivity contribution < 1.29 is 17.9 Å². The van der Waals surface area contributed by atoms with Crippen LogP contribution < -0.4 is 10.1 Å². The van der Waals surface area contributed by atoms with E-state index in [4.69, 9.17) is 27.9 Å². The van der Waals surface area contributed by atoms with E-state index in [9.17, 15) is 13.2 Å². The Hall–Kier alpha value is -3.18. The number of rotatable bonds is 7. The van der Waals surface area contributed by atoms with Crippen LogP contribution in [-0.2, 0) is 21.4 Å². The number of halogens is 2. The summed E-state index contributed by atoms with van der Waals surface area (Å²) in [6, 6.07) is 9.59. The number of nitrogens with one attached hydrogen (secondary N) is 1.